The summed E-state index contributed by atoms with van der Waals surface area (Å²) < 4.78 is 6.94. The number of rotatable bonds is 8. The number of ether oxygens (including phenoxy) is 1. The highest BCUT2D eigenvalue weighted by Crippen LogP contribution is 2.34. The Hall–Kier alpha value is -1.56. The van der Waals surface area contributed by atoms with E-state index in [4.69, 9.17) is 4.74 Å². The Morgan fingerprint density at radius 1 is 1.30 bits per heavy atom. The summed E-state index contributed by atoms with van der Waals surface area (Å²) in [7, 11) is 0. The van der Waals surface area contributed by atoms with E-state index in [1.165, 1.54) is 34.4 Å². The van der Waals surface area contributed by atoms with Crippen molar-refractivity contribution >= 4 is 58.2 Å². The van der Waals surface area contributed by atoms with Crippen LogP contribution < -0.4 is 10.6 Å². The van der Waals surface area contributed by atoms with Gasteiger partial charge in [-0.2, -0.15) is 0 Å². The number of nitrogens with zero attached hydrogens (tertiary/aromatic N) is 2. The molecule has 0 aliphatic carbocycles. The zero-order chi connectivity index (χ0) is 19.2. The highest BCUT2D eigenvalue weighted by molar-refractivity contribution is 8.03. The molecule has 1 aliphatic rings. The summed E-state index contributed by atoms with van der Waals surface area (Å²) in [5.41, 5.74) is 0.972. The largest absolute Gasteiger partial charge is 0.463 e. The van der Waals surface area contributed by atoms with Crippen LogP contribution in [0.4, 0.5) is 4.79 Å². The van der Waals surface area contributed by atoms with Crippen molar-refractivity contribution < 1.29 is 14.3 Å². The average Bonchev–Trinajstić information content (AvgIpc) is 3.32. The van der Waals surface area contributed by atoms with Gasteiger partial charge in [0.25, 0.3) is 0 Å². The topological polar surface area (TPSA) is 93.2 Å². The Kier molecular flexibility index (Phi) is 7.16. The first-order valence-corrected chi connectivity index (χ1v) is 11.9. The Balaban J connectivity index is 1.86. The fraction of sp³-hybridized carbons (Fsp3) is 0.375. The van der Waals surface area contributed by atoms with Crippen LogP contribution in [0.5, 0.6) is 0 Å². The van der Waals surface area contributed by atoms with Crippen molar-refractivity contribution in [2.24, 2.45) is 0 Å². The van der Waals surface area contributed by atoms with Crippen LogP contribution in [0.2, 0.25) is 0 Å². The van der Waals surface area contributed by atoms with Gasteiger partial charge in [0.2, 0.25) is 0 Å². The normalized spacial score (nSPS) is 16.8. The molecule has 0 spiro atoms. The molecule has 11 heteroatoms. The van der Waals surface area contributed by atoms with E-state index in [0.717, 1.165) is 19.3 Å². The first-order chi connectivity index (χ1) is 13.1. The minimum Gasteiger partial charge on any atom is -0.463 e. The third-order valence-corrected chi connectivity index (χ3v) is 7.51. The van der Waals surface area contributed by atoms with Gasteiger partial charge in [0, 0.05) is 16.3 Å². The van der Waals surface area contributed by atoms with Crippen LogP contribution in [0.1, 0.15) is 24.8 Å². The average molecular weight is 443 g/mol. The quantitative estimate of drug-likeness (QED) is 0.476. The molecule has 1 aliphatic heterocycles. The summed E-state index contributed by atoms with van der Waals surface area (Å²) in [5.74, 6) is 0.898. The SMILES string of the molecule is CCOC(=O)C1=C(CSc2nnc(SCC)s2)NC(=O)N[C@H]1c1cccs1. The lowest BCUT2D eigenvalue weighted by molar-refractivity contribution is -0.139. The minimum absolute atomic E-state index is 0.266. The summed E-state index contributed by atoms with van der Waals surface area (Å²) in [5, 5.41) is 15.8. The Morgan fingerprint density at radius 3 is 2.74 bits per heavy atom. The summed E-state index contributed by atoms with van der Waals surface area (Å²) in [6, 6.07) is 2.93. The summed E-state index contributed by atoms with van der Waals surface area (Å²) in [4.78, 5) is 25.7. The molecular weight excluding hydrogens is 424 g/mol. The second kappa shape index (κ2) is 9.58. The first kappa shape index (κ1) is 20.2. The van der Waals surface area contributed by atoms with E-state index < -0.39 is 12.0 Å². The third kappa shape index (κ3) is 5.03. The molecular formula is C16H18N4O3S4. The number of esters is 1. The number of hydrogen-bond donors (Lipinski definition) is 2. The fourth-order valence-electron chi connectivity index (χ4n) is 2.42. The maximum absolute atomic E-state index is 12.6. The smallest absolute Gasteiger partial charge is 0.338 e. The minimum atomic E-state index is -0.519. The molecule has 2 aromatic heterocycles. The predicted octanol–water partition coefficient (Wildman–Crippen LogP) is 3.68. The van der Waals surface area contributed by atoms with E-state index in [2.05, 4.69) is 27.8 Å². The first-order valence-electron chi connectivity index (χ1n) is 8.22. The molecule has 1 atom stereocenters. The molecule has 27 heavy (non-hydrogen) atoms. The van der Waals surface area contributed by atoms with Crippen LogP contribution in [0.25, 0.3) is 0 Å². The second-order valence-corrected chi connectivity index (χ2v) is 9.91. The van der Waals surface area contributed by atoms with Gasteiger partial charge in [-0.15, -0.1) is 21.5 Å². The molecule has 0 bridgehead atoms. The van der Waals surface area contributed by atoms with Crippen LogP contribution in [0.15, 0.2) is 37.5 Å². The number of thioether (sulfide) groups is 2. The van der Waals surface area contributed by atoms with Crippen molar-refractivity contribution in [2.75, 3.05) is 18.1 Å². The molecule has 144 valence electrons. The van der Waals surface area contributed by atoms with Gasteiger partial charge in [-0.25, -0.2) is 9.59 Å². The standard InChI is InChI=1S/C16H18N4O3S4/c1-3-23-13(21)11-9(8-26-16-20-19-15(27-16)24-4-2)17-14(22)18-12(11)10-6-5-7-25-10/h5-7,12H,3-4,8H2,1-2H3,(H2,17,18,22)/t12-/m0/s1. The summed E-state index contributed by atoms with van der Waals surface area (Å²) >= 11 is 6.06. The molecule has 2 amide bonds. The Morgan fingerprint density at radius 2 is 2.07 bits per heavy atom. The lowest BCUT2D eigenvalue weighted by atomic mass is 10.0. The van der Waals surface area contributed by atoms with Gasteiger partial charge in [0.1, 0.15) is 0 Å². The molecule has 0 unspecified atom stereocenters. The molecule has 0 saturated heterocycles. The van der Waals surface area contributed by atoms with Crippen molar-refractivity contribution in [3.8, 4) is 0 Å². The van der Waals surface area contributed by atoms with Crippen LogP contribution in [0, 0.1) is 0 Å². The van der Waals surface area contributed by atoms with Crippen molar-refractivity contribution in [3.05, 3.63) is 33.7 Å². The zero-order valence-corrected chi connectivity index (χ0v) is 17.9. The van der Waals surface area contributed by atoms with Gasteiger partial charge < -0.3 is 15.4 Å². The Bertz CT molecular complexity index is 835. The monoisotopic (exact) mass is 442 g/mol. The van der Waals surface area contributed by atoms with Crippen molar-refractivity contribution in [3.63, 3.8) is 0 Å². The highest BCUT2D eigenvalue weighted by Gasteiger charge is 2.34. The molecule has 2 N–H and O–H groups in total. The highest BCUT2D eigenvalue weighted by atomic mass is 32.2. The lowest BCUT2D eigenvalue weighted by Crippen LogP contribution is -2.46. The summed E-state index contributed by atoms with van der Waals surface area (Å²) in [6.45, 7) is 4.09. The van der Waals surface area contributed by atoms with E-state index >= 15 is 0 Å². The number of carbonyl (C=O) groups is 2. The van der Waals surface area contributed by atoms with Gasteiger partial charge in [-0.05, 0) is 24.1 Å². The molecule has 0 radical (unpaired) electrons. The van der Waals surface area contributed by atoms with E-state index in [1.54, 1.807) is 18.7 Å². The number of hydrogen-bond acceptors (Lipinski definition) is 9. The zero-order valence-electron chi connectivity index (χ0n) is 14.7. The van der Waals surface area contributed by atoms with Crippen LogP contribution in [-0.2, 0) is 9.53 Å². The number of urea groups is 1. The number of aromatic nitrogens is 2. The molecule has 7 nitrogen and oxygen atoms in total. The number of nitrogens with one attached hydrogen (secondary N) is 2. The third-order valence-electron chi connectivity index (χ3n) is 3.47. The van der Waals surface area contributed by atoms with Gasteiger partial charge >= 0.3 is 12.0 Å². The van der Waals surface area contributed by atoms with E-state index in [9.17, 15) is 9.59 Å². The van der Waals surface area contributed by atoms with E-state index in [0.29, 0.717) is 17.0 Å². The number of carbonyl (C=O) groups excluding carboxylic acids is 2. The molecule has 3 rings (SSSR count). The van der Waals surface area contributed by atoms with Gasteiger partial charge in [-0.1, -0.05) is 47.9 Å². The number of thiophene rings is 1. The molecule has 3 heterocycles. The summed E-state index contributed by atoms with van der Waals surface area (Å²) in [6.07, 6.45) is 0. The lowest BCUT2D eigenvalue weighted by Gasteiger charge is -2.28. The van der Waals surface area contributed by atoms with Gasteiger partial charge in [0.05, 0.1) is 18.2 Å². The van der Waals surface area contributed by atoms with E-state index in [1.807, 2.05) is 17.5 Å². The maximum atomic E-state index is 12.6. The molecule has 0 aromatic carbocycles. The molecule has 0 fully saturated rings. The van der Waals surface area contributed by atoms with Crippen LogP contribution >= 0.6 is 46.2 Å². The van der Waals surface area contributed by atoms with E-state index in [-0.39, 0.29) is 12.6 Å². The molecule has 0 saturated carbocycles. The van der Waals surface area contributed by atoms with Gasteiger partial charge in [-0.3, -0.25) is 0 Å². The molecule has 2 aromatic rings. The van der Waals surface area contributed by atoms with Crippen molar-refractivity contribution in [1.29, 1.82) is 0 Å². The van der Waals surface area contributed by atoms with Gasteiger partial charge in [0.15, 0.2) is 8.68 Å². The fourth-order valence-corrected chi connectivity index (χ4v) is 6.09. The van der Waals surface area contributed by atoms with Crippen molar-refractivity contribution in [1.82, 2.24) is 20.8 Å². The predicted molar refractivity (Wildman–Crippen MR) is 109 cm³/mol. The second-order valence-electron chi connectivity index (χ2n) is 5.22. The van der Waals surface area contributed by atoms with Crippen LogP contribution in [-0.4, -0.2) is 40.3 Å². The van der Waals surface area contributed by atoms with Crippen LogP contribution in [0.3, 0.4) is 0 Å². The Labute approximate surface area is 173 Å². The number of amides is 2. The maximum Gasteiger partial charge on any atom is 0.338 e. The van der Waals surface area contributed by atoms with Crippen molar-refractivity contribution in [2.45, 2.75) is 28.6 Å².